The molecule has 0 fully saturated rings. The molecule has 0 aromatic heterocycles. The maximum Gasteiger partial charge on any atom is 0.490 e. The molecule has 0 amide bonds. The van der Waals surface area contributed by atoms with Crippen molar-refractivity contribution in [3.63, 3.8) is 0 Å². The summed E-state index contributed by atoms with van der Waals surface area (Å²) in [4.78, 5) is 26.7. The van der Waals surface area contributed by atoms with Crippen LogP contribution in [0.1, 0.15) is 27.7 Å². The second kappa shape index (κ2) is 37.3. The summed E-state index contributed by atoms with van der Waals surface area (Å²) < 4.78 is 95.2. The Morgan fingerprint density at radius 3 is 0.573 bits per heavy atom. The maximum atomic E-state index is 10.6. The fraction of sp³-hybridized carbons (Fsp3) is 0.208. The molecule has 75 heavy (non-hydrogen) atoms. The molecule has 0 aliphatic heterocycles. The minimum atomic E-state index is -5.08. The van der Waals surface area contributed by atoms with Crippen LogP contribution in [0, 0.1) is 39.4 Å². The van der Waals surface area contributed by atoms with Gasteiger partial charge in [0.2, 0.25) is 0 Å². The van der Waals surface area contributed by atoms with E-state index in [9.17, 15) is 39.5 Å². The van der Waals surface area contributed by atoms with Crippen molar-refractivity contribution in [2.45, 2.75) is 46.2 Å². The molecule has 0 unspecified atom stereocenters. The van der Waals surface area contributed by atoms with Crippen LogP contribution in [0.25, 0.3) is 0 Å². The van der Waals surface area contributed by atoms with Crippen molar-refractivity contribution in [1.29, 1.82) is 15.8 Å². The number of hydrogen-bond donors (Lipinski definition) is 3. The number of alkyl halides is 9. The van der Waals surface area contributed by atoms with E-state index >= 15 is 0 Å². The van der Waals surface area contributed by atoms with Gasteiger partial charge in [0.15, 0.2) is 0 Å². The van der Waals surface area contributed by atoms with E-state index < -0.39 is 60.2 Å². The predicted octanol–water partition coefficient (Wildman–Crippen LogP) is 11.9. The quantitative estimate of drug-likeness (QED) is 0.0610. The summed E-state index contributed by atoms with van der Waals surface area (Å²) in [6, 6.07) is 73.0. The van der Waals surface area contributed by atoms with Crippen LogP contribution in [0.3, 0.4) is 0 Å². The van der Waals surface area contributed by atoms with Crippen LogP contribution in [0.4, 0.5) is 39.5 Å². The fourth-order valence-corrected chi connectivity index (χ4v) is 14.6. The standard InChI is InChI=1S/C41H39P3.3C2HF3O2.3C2H3N.Rh/c1-41(32-42(35-20-8-2-9-21-35)36-22-10-3-11-23-36,33-43(37-24-12-4-13-25-37)38-26-14-5-15-27-38)34-44(39-28-16-6-17-29-39)40-30-18-7-19-31-40;3*3-2(4,5)1(6)7;3*1-2-3;/h2-31H,32-34H2,1H3;3*(H,6,7);3*1H3;. The van der Waals surface area contributed by atoms with Crippen LogP contribution >= 0.6 is 23.8 Å². The van der Waals surface area contributed by atoms with Gasteiger partial charge >= 0.3 is 36.4 Å². The molecule has 6 aromatic carbocycles. The third kappa shape index (κ3) is 29.8. The Balaban J connectivity index is 0. The first-order chi connectivity index (χ1) is 34.8. The molecule has 0 bridgehead atoms. The largest absolute Gasteiger partial charge is 0.490 e. The van der Waals surface area contributed by atoms with Gasteiger partial charge in [0, 0.05) is 40.2 Å². The molecule has 9 nitrogen and oxygen atoms in total. The second-order valence-electron chi connectivity index (χ2n) is 14.7. The van der Waals surface area contributed by atoms with E-state index in [0.29, 0.717) is 0 Å². The van der Waals surface area contributed by atoms with E-state index in [1.54, 1.807) is 18.2 Å². The molecule has 6 aromatic rings. The van der Waals surface area contributed by atoms with Crippen molar-refractivity contribution in [3.8, 4) is 18.2 Å². The van der Waals surface area contributed by atoms with E-state index in [2.05, 4.69) is 189 Å². The number of aliphatic carboxylic acids is 3. The summed E-state index contributed by atoms with van der Waals surface area (Å²) in [5.74, 6) is -8.27. The van der Waals surface area contributed by atoms with Gasteiger partial charge in [-0.15, -0.1) is 0 Å². The van der Waals surface area contributed by atoms with E-state index in [-0.39, 0.29) is 24.9 Å². The SMILES string of the molecule is CC#N.CC#N.CC#N.CC(CP(c1ccccc1)c1ccccc1)(CP(c1ccccc1)c1ccccc1)CP(c1ccccc1)c1ccccc1.O=C(O)C(F)(F)F.O=C(O)C(F)(F)F.O=C(O)C(F)(F)F.[Rh]. The number of rotatable bonds is 12. The van der Waals surface area contributed by atoms with Crippen molar-refractivity contribution in [2.24, 2.45) is 5.41 Å². The second-order valence-corrected chi connectivity index (χ2v) is 21.3. The molecule has 0 aliphatic carbocycles. The van der Waals surface area contributed by atoms with Crippen molar-refractivity contribution in [1.82, 2.24) is 0 Å². The fourth-order valence-electron chi connectivity index (χ4n) is 5.94. The molecule has 401 valence electrons. The van der Waals surface area contributed by atoms with Crippen LogP contribution in [-0.4, -0.2) is 70.2 Å². The molecular weight excluding hydrogens is 1140 g/mol. The van der Waals surface area contributed by atoms with Gasteiger partial charge in [-0.2, -0.15) is 55.3 Å². The Hall–Kier alpha value is -6.52. The first-order valence-electron chi connectivity index (χ1n) is 21.2. The maximum absolute atomic E-state index is 10.6. The molecule has 0 aliphatic rings. The van der Waals surface area contributed by atoms with Crippen molar-refractivity contribution >= 4 is 73.5 Å². The van der Waals surface area contributed by atoms with Gasteiger partial charge in [-0.3, -0.25) is 0 Å². The summed E-state index contributed by atoms with van der Waals surface area (Å²) in [6.45, 7) is 6.90. The minimum absolute atomic E-state index is 0. The van der Waals surface area contributed by atoms with Gasteiger partial charge in [-0.1, -0.05) is 189 Å². The number of hydrogen-bond acceptors (Lipinski definition) is 6. The minimum Gasteiger partial charge on any atom is -0.475 e. The molecule has 0 saturated carbocycles. The number of halogens is 9. The third-order valence-corrected chi connectivity index (χ3v) is 17.5. The molecule has 0 heterocycles. The molecular formula is C53H51F9N3O6P3Rh. The zero-order valence-corrected chi connectivity index (χ0v) is 44.7. The van der Waals surface area contributed by atoms with E-state index in [1.807, 2.05) is 0 Å². The average molecular weight is 1190 g/mol. The van der Waals surface area contributed by atoms with Crippen molar-refractivity contribution in [3.05, 3.63) is 182 Å². The molecule has 1 radical (unpaired) electrons. The zero-order chi connectivity index (χ0) is 56.4. The summed E-state index contributed by atoms with van der Waals surface area (Å²) in [5.41, 5.74) is 0.0756. The van der Waals surface area contributed by atoms with Crippen molar-refractivity contribution in [2.75, 3.05) is 18.5 Å². The predicted molar refractivity (Wildman–Crippen MR) is 275 cm³/mol. The number of nitrogens with zero attached hydrogens (tertiary/aromatic N) is 3. The zero-order valence-electron chi connectivity index (χ0n) is 40.4. The number of nitriles is 3. The molecule has 0 atom stereocenters. The topological polar surface area (TPSA) is 183 Å². The number of carboxylic acid groups (broad SMARTS) is 3. The average Bonchev–Trinajstić information content (AvgIpc) is 3.36. The normalized spacial score (nSPS) is 10.4. The first kappa shape index (κ1) is 70.6. The Morgan fingerprint density at radius 2 is 0.480 bits per heavy atom. The first-order valence-corrected chi connectivity index (χ1v) is 25.8. The summed E-state index contributed by atoms with van der Waals surface area (Å²) >= 11 is 0. The molecule has 0 spiro atoms. The summed E-state index contributed by atoms with van der Waals surface area (Å²) in [7, 11) is -1.66. The van der Waals surface area contributed by atoms with Crippen LogP contribution in [0.5, 0.6) is 0 Å². The van der Waals surface area contributed by atoms with E-state index in [1.165, 1.54) is 52.6 Å². The van der Waals surface area contributed by atoms with Gasteiger partial charge in [-0.05, 0) is 79.5 Å². The monoisotopic (exact) mass is 1190 g/mol. The van der Waals surface area contributed by atoms with Crippen LogP contribution in [0.15, 0.2) is 182 Å². The molecule has 22 heteroatoms. The van der Waals surface area contributed by atoms with Gasteiger partial charge in [0.05, 0.1) is 18.2 Å². The van der Waals surface area contributed by atoms with Gasteiger partial charge in [-0.25, -0.2) is 14.4 Å². The van der Waals surface area contributed by atoms with Crippen molar-refractivity contribution < 1.29 is 88.7 Å². The van der Waals surface area contributed by atoms with Crippen LogP contribution < -0.4 is 31.8 Å². The Morgan fingerprint density at radius 1 is 0.373 bits per heavy atom. The Kier molecular flexibility index (Phi) is 35.0. The molecule has 3 N–H and O–H groups in total. The van der Waals surface area contributed by atoms with Gasteiger partial charge in [0.25, 0.3) is 0 Å². The van der Waals surface area contributed by atoms with Crippen LogP contribution in [-0.2, 0) is 33.9 Å². The van der Waals surface area contributed by atoms with Gasteiger partial charge in [0.1, 0.15) is 0 Å². The van der Waals surface area contributed by atoms with Gasteiger partial charge < -0.3 is 15.3 Å². The van der Waals surface area contributed by atoms with E-state index in [4.69, 9.17) is 45.5 Å². The number of carbonyl (C=O) groups is 3. The molecule has 0 saturated heterocycles. The Bertz CT molecular complexity index is 2240. The Labute approximate surface area is 446 Å². The summed E-state index contributed by atoms with van der Waals surface area (Å²) in [6.07, 6.45) is -11.8. The molecule has 6 rings (SSSR count). The number of benzene rings is 6. The third-order valence-electron chi connectivity index (χ3n) is 8.75. The summed E-state index contributed by atoms with van der Waals surface area (Å²) in [5, 5.41) is 52.1. The number of carboxylic acids is 3. The smallest absolute Gasteiger partial charge is 0.475 e. The van der Waals surface area contributed by atoms with Crippen LogP contribution in [0.2, 0.25) is 0 Å². The van der Waals surface area contributed by atoms with E-state index in [0.717, 1.165) is 18.5 Å².